The van der Waals surface area contributed by atoms with E-state index >= 15 is 0 Å². The van der Waals surface area contributed by atoms with Gasteiger partial charge in [-0.1, -0.05) is 23.4 Å². The first-order chi connectivity index (χ1) is 6.66. The Balaban J connectivity index is 3.02. The molecule has 1 aromatic carbocycles. The van der Waals surface area contributed by atoms with Gasteiger partial charge in [0.15, 0.2) is 0 Å². The molecule has 74 valence electrons. The average molecular weight is 213 g/mol. The fraction of sp³-hybridized carbons (Fsp3) is 0.273. The molecular weight excluding hydrogens is 203 g/mol. The van der Waals surface area contributed by atoms with E-state index < -0.39 is 0 Å². The molecule has 14 heavy (non-hydrogen) atoms. The zero-order valence-electron chi connectivity index (χ0n) is 7.77. The van der Waals surface area contributed by atoms with Crippen molar-refractivity contribution in [1.29, 1.82) is 0 Å². The molecule has 0 saturated heterocycles. The number of aliphatic hydroxyl groups is 1. The molecule has 1 rings (SSSR count). The fourth-order valence-corrected chi connectivity index (χ4v) is 1.12. The smallest absolute Gasteiger partial charge is 0.143 e. The van der Waals surface area contributed by atoms with Crippen molar-refractivity contribution >= 4 is 11.6 Å². The minimum Gasteiger partial charge on any atom is -0.395 e. The van der Waals surface area contributed by atoms with E-state index in [0.29, 0.717) is 22.6 Å². The third-order valence-corrected chi connectivity index (χ3v) is 2.19. The third-order valence-electron chi connectivity index (χ3n) is 1.78. The number of halogens is 2. The lowest BCUT2D eigenvalue weighted by atomic mass is 10.1. The second-order valence-electron chi connectivity index (χ2n) is 2.81. The summed E-state index contributed by atoms with van der Waals surface area (Å²) in [6.07, 6.45) is 0.348. The second kappa shape index (κ2) is 4.99. The lowest BCUT2D eigenvalue weighted by molar-refractivity contribution is 0.305. The number of aliphatic hydroxyl groups excluding tert-OH is 1. The van der Waals surface area contributed by atoms with Crippen LogP contribution in [0.5, 0.6) is 0 Å². The maximum atomic E-state index is 13.4. The van der Waals surface area contributed by atoms with Gasteiger partial charge in [0.1, 0.15) is 5.82 Å². The van der Waals surface area contributed by atoms with Gasteiger partial charge in [0.2, 0.25) is 0 Å². The Morgan fingerprint density at radius 1 is 1.50 bits per heavy atom. The van der Waals surface area contributed by atoms with Crippen molar-refractivity contribution in [2.45, 2.75) is 13.3 Å². The van der Waals surface area contributed by atoms with Crippen LogP contribution in [0.2, 0.25) is 5.02 Å². The maximum absolute atomic E-state index is 13.4. The van der Waals surface area contributed by atoms with Crippen LogP contribution in [-0.4, -0.2) is 11.7 Å². The van der Waals surface area contributed by atoms with E-state index in [1.165, 1.54) is 6.07 Å². The minimum atomic E-state index is -0.386. The SMILES string of the molecule is Cc1c(Cl)ccc(C#CCCO)c1F. The van der Waals surface area contributed by atoms with Gasteiger partial charge in [0, 0.05) is 17.0 Å². The molecule has 0 bridgehead atoms. The Morgan fingerprint density at radius 2 is 2.21 bits per heavy atom. The molecular formula is C11H10ClFO. The molecule has 1 nitrogen and oxygen atoms in total. The normalized spacial score (nSPS) is 9.43. The van der Waals surface area contributed by atoms with E-state index in [9.17, 15) is 4.39 Å². The first kappa shape index (κ1) is 11.0. The molecule has 0 saturated carbocycles. The first-order valence-corrected chi connectivity index (χ1v) is 4.59. The highest BCUT2D eigenvalue weighted by molar-refractivity contribution is 6.31. The fourth-order valence-electron chi connectivity index (χ4n) is 0.972. The van der Waals surface area contributed by atoms with Crippen molar-refractivity contribution in [3.05, 3.63) is 34.1 Å². The summed E-state index contributed by atoms with van der Waals surface area (Å²) in [7, 11) is 0. The van der Waals surface area contributed by atoms with E-state index in [0.717, 1.165) is 0 Å². The van der Waals surface area contributed by atoms with Gasteiger partial charge in [0.05, 0.1) is 12.2 Å². The highest BCUT2D eigenvalue weighted by atomic mass is 35.5. The van der Waals surface area contributed by atoms with E-state index in [1.807, 2.05) is 0 Å². The van der Waals surface area contributed by atoms with Gasteiger partial charge in [-0.15, -0.1) is 0 Å². The summed E-state index contributed by atoms with van der Waals surface area (Å²) in [6.45, 7) is 1.59. The highest BCUT2D eigenvalue weighted by Gasteiger charge is 2.05. The van der Waals surface area contributed by atoms with Crippen LogP contribution in [-0.2, 0) is 0 Å². The molecule has 0 atom stereocenters. The number of hydrogen-bond donors (Lipinski definition) is 1. The third kappa shape index (κ3) is 2.47. The van der Waals surface area contributed by atoms with Crippen molar-refractivity contribution in [3.63, 3.8) is 0 Å². The zero-order chi connectivity index (χ0) is 10.6. The molecule has 0 radical (unpaired) electrons. The van der Waals surface area contributed by atoms with Gasteiger partial charge in [0.25, 0.3) is 0 Å². The number of rotatable bonds is 1. The Labute approximate surface area is 87.5 Å². The van der Waals surface area contributed by atoms with Crippen molar-refractivity contribution in [3.8, 4) is 11.8 Å². The van der Waals surface area contributed by atoms with Crippen molar-refractivity contribution < 1.29 is 9.50 Å². The van der Waals surface area contributed by atoms with Gasteiger partial charge in [-0.3, -0.25) is 0 Å². The van der Waals surface area contributed by atoms with E-state index in [-0.39, 0.29) is 12.4 Å². The Morgan fingerprint density at radius 3 is 2.86 bits per heavy atom. The Hall–Kier alpha value is -1.04. The van der Waals surface area contributed by atoms with Crippen LogP contribution < -0.4 is 0 Å². The van der Waals surface area contributed by atoms with Crippen LogP contribution in [0.3, 0.4) is 0 Å². The molecule has 0 spiro atoms. The molecule has 1 aromatic rings. The first-order valence-electron chi connectivity index (χ1n) is 4.21. The monoisotopic (exact) mass is 212 g/mol. The molecule has 0 heterocycles. The highest BCUT2D eigenvalue weighted by Crippen LogP contribution is 2.20. The van der Waals surface area contributed by atoms with Crippen molar-refractivity contribution in [1.82, 2.24) is 0 Å². The van der Waals surface area contributed by atoms with Crippen LogP contribution in [0, 0.1) is 24.6 Å². The van der Waals surface area contributed by atoms with Gasteiger partial charge >= 0.3 is 0 Å². The van der Waals surface area contributed by atoms with E-state index in [4.69, 9.17) is 16.7 Å². The second-order valence-corrected chi connectivity index (χ2v) is 3.22. The van der Waals surface area contributed by atoms with Crippen LogP contribution in [0.4, 0.5) is 4.39 Å². The van der Waals surface area contributed by atoms with Gasteiger partial charge in [-0.2, -0.15) is 0 Å². The van der Waals surface area contributed by atoms with Gasteiger partial charge in [-0.25, -0.2) is 4.39 Å². The lowest BCUT2D eigenvalue weighted by Gasteiger charge is -2.00. The largest absolute Gasteiger partial charge is 0.395 e. The predicted molar refractivity (Wildman–Crippen MR) is 54.7 cm³/mol. The van der Waals surface area contributed by atoms with Crippen LogP contribution in [0.15, 0.2) is 12.1 Å². The lowest BCUT2D eigenvalue weighted by Crippen LogP contribution is -1.89. The zero-order valence-corrected chi connectivity index (χ0v) is 8.53. The summed E-state index contributed by atoms with van der Waals surface area (Å²) in [5, 5.41) is 8.89. The quantitative estimate of drug-likeness (QED) is 0.710. The molecule has 0 aromatic heterocycles. The average Bonchev–Trinajstić information content (AvgIpc) is 2.18. The van der Waals surface area contributed by atoms with Crippen LogP contribution >= 0.6 is 11.6 Å². The maximum Gasteiger partial charge on any atom is 0.143 e. The summed E-state index contributed by atoms with van der Waals surface area (Å²) < 4.78 is 13.4. The molecule has 0 fully saturated rings. The van der Waals surface area contributed by atoms with Crippen molar-refractivity contribution in [2.24, 2.45) is 0 Å². The molecule has 0 unspecified atom stereocenters. The summed E-state index contributed by atoms with van der Waals surface area (Å²) in [5.74, 6) is 4.91. The van der Waals surface area contributed by atoms with Gasteiger partial charge < -0.3 is 5.11 Å². The standard InChI is InChI=1S/C11H10ClFO/c1-8-10(12)6-5-9(11(8)13)4-2-3-7-14/h5-6,14H,3,7H2,1H3. The number of benzene rings is 1. The topological polar surface area (TPSA) is 20.2 Å². The molecule has 3 heteroatoms. The minimum absolute atomic E-state index is 0.0127. The Kier molecular flexibility index (Phi) is 3.94. The summed E-state index contributed by atoms with van der Waals surface area (Å²) in [4.78, 5) is 0. The molecule has 1 N–H and O–H groups in total. The van der Waals surface area contributed by atoms with Crippen LogP contribution in [0.25, 0.3) is 0 Å². The van der Waals surface area contributed by atoms with E-state index in [1.54, 1.807) is 13.0 Å². The predicted octanol–water partition coefficient (Wildman–Crippen LogP) is 2.52. The molecule has 0 aliphatic heterocycles. The molecule has 0 aliphatic rings. The Bertz CT molecular complexity index is 390. The number of hydrogen-bond acceptors (Lipinski definition) is 1. The molecule has 0 aliphatic carbocycles. The van der Waals surface area contributed by atoms with E-state index in [2.05, 4.69) is 11.8 Å². The summed E-state index contributed by atoms with van der Waals surface area (Å²) in [5.41, 5.74) is 0.725. The van der Waals surface area contributed by atoms with Crippen LogP contribution in [0.1, 0.15) is 17.5 Å². The van der Waals surface area contributed by atoms with Crippen molar-refractivity contribution in [2.75, 3.05) is 6.61 Å². The van der Waals surface area contributed by atoms with Gasteiger partial charge in [-0.05, 0) is 19.1 Å². The summed E-state index contributed by atoms with van der Waals surface area (Å²) in [6, 6.07) is 3.15. The summed E-state index contributed by atoms with van der Waals surface area (Å²) >= 11 is 5.72. The molecule has 0 amide bonds.